The van der Waals surface area contributed by atoms with Crippen LogP contribution in [-0.4, -0.2) is 35.7 Å². The molecule has 0 fully saturated rings. The monoisotopic (exact) mass is 532 g/mol. The minimum Gasteiger partial charge on any atom is -0.489 e. The molecule has 2 amide bonds. The van der Waals surface area contributed by atoms with Gasteiger partial charge < -0.3 is 24.8 Å². The number of esters is 1. The van der Waals surface area contributed by atoms with Crippen molar-refractivity contribution in [3.05, 3.63) is 102 Å². The van der Waals surface area contributed by atoms with Gasteiger partial charge in [-0.2, -0.15) is 0 Å². The first-order chi connectivity index (χ1) is 18.6. The Kier molecular flexibility index (Phi) is 10.5. The van der Waals surface area contributed by atoms with Gasteiger partial charge in [0.1, 0.15) is 36.6 Å². The van der Waals surface area contributed by atoms with Crippen LogP contribution >= 0.6 is 0 Å². The predicted molar refractivity (Wildman–Crippen MR) is 148 cm³/mol. The fraction of sp³-hybridized carbons (Fsp3) is 0.323. The van der Waals surface area contributed by atoms with E-state index in [9.17, 15) is 14.4 Å². The lowest BCUT2D eigenvalue weighted by atomic mass is 10.1. The summed E-state index contributed by atoms with van der Waals surface area (Å²) in [5.41, 5.74) is 1.98. The molecule has 0 radical (unpaired) electrons. The van der Waals surface area contributed by atoms with Crippen molar-refractivity contribution in [2.24, 2.45) is 0 Å². The molecule has 0 aromatic heterocycles. The highest BCUT2D eigenvalue weighted by Gasteiger charge is 2.27. The zero-order chi connectivity index (χ0) is 28.3. The summed E-state index contributed by atoms with van der Waals surface area (Å²) in [7, 11) is 0. The third-order valence-electron chi connectivity index (χ3n) is 5.56. The van der Waals surface area contributed by atoms with Gasteiger partial charge in [-0.05, 0) is 56.5 Å². The van der Waals surface area contributed by atoms with Crippen molar-refractivity contribution in [3.63, 3.8) is 0 Å². The molecule has 3 rings (SSSR count). The molecule has 8 heteroatoms. The van der Waals surface area contributed by atoms with Gasteiger partial charge in [0.05, 0.1) is 0 Å². The maximum Gasteiger partial charge on any atom is 0.408 e. The Labute approximate surface area is 229 Å². The molecule has 2 atom stereocenters. The van der Waals surface area contributed by atoms with E-state index in [1.807, 2.05) is 84.9 Å². The summed E-state index contributed by atoms with van der Waals surface area (Å²) in [6.07, 6.45) is -0.531. The maximum absolute atomic E-state index is 13.0. The Balaban J connectivity index is 1.64. The first-order valence-corrected chi connectivity index (χ1v) is 12.8. The summed E-state index contributed by atoms with van der Waals surface area (Å²) in [4.78, 5) is 38.0. The summed E-state index contributed by atoms with van der Waals surface area (Å²) < 4.78 is 16.6. The minimum atomic E-state index is -0.972. The molecule has 0 heterocycles. The van der Waals surface area contributed by atoms with Crippen LogP contribution in [0, 0.1) is 0 Å². The SMILES string of the molecule is C[C@H](NC(=O)OC(C)(C)C)C(=O)N[C@@H](Cc1ccc(OCc2ccccc2)cc1)C(=O)OCc1ccccc1. The van der Waals surface area contributed by atoms with E-state index in [1.165, 1.54) is 6.92 Å². The number of amides is 2. The van der Waals surface area contributed by atoms with Crippen molar-refractivity contribution in [1.29, 1.82) is 0 Å². The van der Waals surface area contributed by atoms with Gasteiger partial charge in [-0.15, -0.1) is 0 Å². The Morgan fingerprint density at radius 3 is 1.87 bits per heavy atom. The van der Waals surface area contributed by atoms with Crippen molar-refractivity contribution in [3.8, 4) is 5.75 Å². The number of carbonyl (C=O) groups is 3. The Hall–Kier alpha value is -4.33. The molecule has 39 heavy (non-hydrogen) atoms. The van der Waals surface area contributed by atoms with Crippen LogP contribution in [0.3, 0.4) is 0 Å². The molecule has 3 aromatic carbocycles. The minimum absolute atomic E-state index is 0.0734. The normalized spacial score (nSPS) is 12.5. The molecule has 0 aliphatic carbocycles. The van der Waals surface area contributed by atoms with E-state index in [2.05, 4.69) is 10.6 Å². The van der Waals surface area contributed by atoms with Crippen LogP contribution in [0.5, 0.6) is 5.75 Å². The maximum atomic E-state index is 13.0. The lowest BCUT2D eigenvalue weighted by Crippen LogP contribution is -2.52. The van der Waals surface area contributed by atoms with Crippen LogP contribution in [0.25, 0.3) is 0 Å². The lowest BCUT2D eigenvalue weighted by molar-refractivity contribution is -0.149. The van der Waals surface area contributed by atoms with Crippen LogP contribution in [0.1, 0.15) is 44.4 Å². The second kappa shape index (κ2) is 14.0. The zero-order valence-corrected chi connectivity index (χ0v) is 22.8. The molecule has 0 aliphatic rings. The van der Waals surface area contributed by atoms with Crippen LogP contribution < -0.4 is 15.4 Å². The van der Waals surface area contributed by atoms with Crippen molar-refractivity contribution >= 4 is 18.0 Å². The summed E-state index contributed by atoms with van der Waals surface area (Å²) >= 11 is 0. The molecule has 8 nitrogen and oxygen atoms in total. The van der Waals surface area contributed by atoms with Gasteiger partial charge in [0.2, 0.25) is 5.91 Å². The Morgan fingerprint density at radius 1 is 0.744 bits per heavy atom. The molecule has 0 saturated heterocycles. The highest BCUT2D eigenvalue weighted by molar-refractivity contribution is 5.89. The molecular formula is C31H36N2O6. The van der Waals surface area contributed by atoms with Crippen LogP contribution in [-0.2, 0) is 38.7 Å². The lowest BCUT2D eigenvalue weighted by Gasteiger charge is -2.23. The smallest absolute Gasteiger partial charge is 0.408 e. The van der Waals surface area contributed by atoms with Crippen LogP contribution in [0.15, 0.2) is 84.9 Å². The van der Waals surface area contributed by atoms with Gasteiger partial charge in [0.15, 0.2) is 0 Å². The number of rotatable bonds is 11. The van der Waals surface area contributed by atoms with Gasteiger partial charge in [-0.1, -0.05) is 72.8 Å². The second-order valence-electron chi connectivity index (χ2n) is 10.1. The fourth-order valence-corrected chi connectivity index (χ4v) is 3.57. The molecular weight excluding hydrogens is 496 g/mol. The predicted octanol–water partition coefficient (Wildman–Crippen LogP) is 4.95. The van der Waals surface area contributed by atoms with E-state index in [0.29, 0.717) is 12.4 Å². The van der Waals surface area contributed by atoms with Gasteiger partial charge in [-0.25, -0.2) is 9.59 Å². The number of alkyl carbamates (subject to hydrolysis) is 1. The van der Waals surface area contributed by atoms with Crippen molar-refractivity contribution < 1.29 is 28.6 Å². The third-order valence-corrected chi connectivity index (χ3v) is 5.56. The topological polar surface area (TPSA) is 103 Å². The quantitative estimate of drug-likeness (QED) is 0.339. The fourth-order valence-electron chi connectivity index (χ4n) is 3.57. The second-order valence-corrected chi connectivity index (χ2v) is 10.1. The molecule has 0 bridgehead atoms. The number of ether oxygens (including phenoxy) is 3. The molecule has 2 N–H and O–H groups in total. The molecule has 3 aromatic rings. The zero-order valence-electron chi connectivity index (χ0n) is 22.8. The van der Waals surface area contributed by atoms with Gasteiger partial charge in [0.25, 0.3) is 0 Å². The largest absolute Gasteiger partial charge is 0.489 e. The number of hydrogen-bond acceptors (Lipinski definition) is 6. The molecule has 0 unspecified atom stereocenters. The van der Waals surface area contributed by atoms with E-state index in [1.54, 1.807) is 20.8 Å². The summed E-state index contributed by atoms with van der Waals surface area (Å²) in [6, 6.07) is 24.5. The summed E-state index contributed by atoms with van der Waals surface area (Å²) in [5, 5.41) is 5.21. The number of carbonyl (C=O) groups excluding carboxylic acids is 3. The standard InChI is InChI=1S/C31H36N2O6/c1-22(32-30(36)39-31(2,3)4)28(34)33-27(29(35)38-21-25-13-9-6-10-14-25)19-23-15-17-26(18-16-23)37-20-24-11-7-5-8-12-24/h5-18,22,27H,19-21H2,1-4H3,(H,32,36)(H,33,34)/t22-,27-/m0/s1. The number of nitrogens with one attached hydrogen (secondary N) is 2. The first kappa shape index (κ1) is 29.2. The van der Waals surface area contributed by atoms with Crippen molar-refractivity contribution in [2.45, 2.75) is 65.0 Å². The molecule has 0 spiro atoms. The average molecular weight is 533 g/mol. The van der Waals surface area contributed by atoms with Crippen LogP contribution in [0.2, 0.25) is 0 Å². The van der Waals surface area contributed by atoms with Gasteiger partial charge >= 0.3 is 12.1 Å². The molecule has 0 saturated carbocycles. The van der Waals surface area contributed by atoms with E-state index in [0.717, 1.165) is 16.7 Å². The Morgan fingerprint density at radius 2 is 1.31 bits per heavy atom. The Bertz CT molecular complexity index is 1210. The van der Waals surface area contributed by atoms with Crippen molar-refractivity contribution in [1.82, 2.24) is 10.6 Å². The summed E-state index contributed by atoms with van der Waals surface area (Å²) in [5.74, 6) is -0.434. The van der Waals surface area contributed by atoms with E-state index in [-0.39, 0.29) is 13.0 Å². The highest BCUT2D eigenvalue weighted by atomic mass is 16.6. The molecule has 0 aliphatic heterocycles. The third kappa shape index (κ3) is 10.5. The van der Waals surface area contributed by atoms with E-state index in [4.69, 9.17) is 14.2 Å². The molecule has 206 valence electrons. The van der Waals surface area contributed by atoms with Crippen LogP contribution in [0.4, 0.5) is 4.79 Å². The van der Waals surface area contributed by atoms with Gasteiger partial charge in [-0.3, -0.25) is 4.79 Å². The van der Waals surface area contributed by atoms with Gasteiger partial charge in [0, 0.05) is 6.42 Å². The average Bonchev–Trinajstić information content (AvgIpc) is 2.91. The van der Waals surface area contributed by atoms with E-state index < -0.39 is 35.7 Å². The van der Waals surface area contributed by atoms with E-state index >= 15 is 0 Å². The number of hydrogen-bond donors (Lipinski definition) is 2. The first-order valence-electron chi connectivity index (χ1n) is 12.8. The highest BCUT2D eigenvalue weighted by Crippen LogP contribution is 2.16. The number of benzene rings is 3. The van der Waals surface area contributed by atoms with Crippen molar-refractivity contribution in [2.75, 3.05) is 0 Å². The summed E-state index contributed by atoms with van der Waals surface area (Å²) in [6.45, 7) is 7.22.